The molecule has 3 heteroatoms. The fourth-order valence-corrected chi connectivity index (χ4v) is 3.47. The summed E-state index contributed by atoms with van der Waals surface area (Å²) in [5.41, 5.74) is 5.22. The molecule has 4 rings (SSSR count). The average Bonchev–Trinajstić information content (AvgIpc) is 2.89. The third-order valence-corrected chi connectivity index (χ3v) is 4.54. The number of aryl methyl sites for hydroxylation is 2. The largest absolute Gasteiger partial charge is 0.465 e. The maximum atomic E-state index is 12.1. The van der Waals surface area contributed by atoms with Crippen LogP contribution in [0.2, 0.25) is 0 Å². The molecule has 0 saturated carbocycles. The van der Waals surface area contributed by atoms with Gasteiger partial charge in [0.05, 0.1) is 18.4 Å². The molecule has 22 heavy (non-hydrogen) atoms. The molecule has 2 heterocycles. The molecular weight excluding hydrogens is 274 g/mol. The van der Waals surface area contributed by atoms with Gasteiger partial charge in [-0.05, 0) is 41.8 Å². The molecule has 1 aliphatic heterocycles. The summed E-state index contributed by atoms with van der Waals surface area (Å²) in [6, 6.07) is 14.7. The van der Waals surface area contributed by atoms with Crippen LogP contribution >= 0.6 is 0 Å². The number of fused-ring (bicyclic) bond motifs is 4. The predicted octanol–water partition coefficient (Wildman–Crippen LogP) is 3.96. The number of hydrogen-bond donors (Lipinski definition) is 0. The molecule has 1 aliphatic rings. The van der Waals surface area contributed by atoms with E-state index in [2.05, 4.69) is 34.9 Å². The fourth-order valence-electron chi connectivity index (χ4n) is 3.47. The van der Waals surface area contributed by atoms with Gasteiger partial charge < -0.3 is 9.30 Å². The van der Waals surface area contributed by atoms with E-state index in [4.69, 9.17) is 4.74 Å². The second-order valence-corrected chi connectivity index (χ2v) is 5.80. The standard InChI is InChI=1S/C19H17NO2/c1-12-9-17(19(21)22-2)18-16-11-14-6-4-3-5-13(14)10-15(16)7-8-20(12)18/h3-6,9-11H,7-8H2,1-2H3. The molecular formula is C19H17NO2. The zero-order valence-corrected chi connectivity index (χ0v) is 12.7. The maximum Gasteiger partial charge on any atom is 0.340 e. The van der Waals surface area contributed by atoms with Gasteiger partial charge in [-0.25, -0.2) is 4.79 Å². The molecule has 3 nitrogen and oxygen atoms in total. The highest BCUT2D eigenvalue weighted by Gasteiger charge is 2.25. The highest BCUT2D eigenvalue weighted by atomic mass is 16.5. The maximum absolute atomic E-state index is 12.1. The monoisotopic (exact) mass is 291 g/mol. The summed E-state index contributed by atoms with van der Waals surface area (Å²) in [4.78, 5) is 12.1. The Morgan fingerprint density at radius 3 is 2.59 bits per heavy atom. The summed E-state index contributed by atoms with van der Waals surface area (Å²) in [6.45, 7) is 2.95. The first-order valence-corrected chi connectivity index (χ1v) is 7.49. The van der Waals surface area contributed by atoms with Gasteiger partial charge in [-0.15, -0.1) is 0 Å². The molecule has 0 saturated heterocycles. The van der Waals surface area contributed by atoms with E-state index >= 15 is 0 Å². The molecule has 0 radical (unpaired) electrons. The Morgan fingerprint density at radius 1 is 1.14 bits per heavy atom. The molecule has 0 unspecified atom stereocenters. The molecule has 0 amide bonds. The van der Waals surface area contributed by atoms with Gasteiger partial charge in [0.1, 0.15) is 0 Å². The van der Waals surface area contributed by atoms with Crippen molar-refractivity contribution in [3.05, 3.63) is 59.3 Å². The molecule has 110 valence electrons. The SMILES string of the molecule is COC(=O)c1cc(C)n2c1-c1cc3ccccc3cc1CC2. The van der Waals surface area contributed by atoms with Crippen molar-refractivity contribution < 1.29 is 9.53 Å². The van der Waals surface area contributed by atoms with Crippen molar-refractivity contribution in [1.82, 2.24) is 4.57 Å². The van der Waals surface area contributed by atoms with Crippen LogP contribution in [0.5, 0.6) is 0 Å². The van der Waals surface area contributed by atoms with E-state index in [0.717, 1.165) is 29.9 Å². The van der Waals surface area contributed by atoms with Crippen LogP contribution in [0.25, 0.3) is 22.0 Å². The first-order valence-electron chi connectivity index (χ1n) is 7.49. The van der Waals surface area contributed by atoms with E-state index in [1.165, 1.54) is 23.4 Å². The molecule has 0 spiro atoms. The molecule has 0 N–H and O–H groups in total. The van der Waals surface area contributed by atoms with Crippen molar-refractivity contribution >= 4 is 16.7 Å². The van der Waals surface area contributed by atoms with Crippen molar-refractivity contribution in [2.75, 3.05) is 7.11 Å². The third kappa shape index (κ3) is 1.78. The zero-order valence-electron chi connectivity index (χ0n) is 12.7. The number of methoxy groups -OCH3 is 1. The summed E-state index contributed by atoms with van der Waals surface area (Å²) in [5, 5.41) is 2.45. The molecule has 1 aromatic heterocycles. The number of hydrogen-bond acceptors (Lipinski definition) is 2. The van der Waals surface area contributed by atoms with Gasteiger partial charge in [0.25, 0.3) is 0 Å². The Hall–Kier alpha value is -2.55. The lowest BCUT2D eigenvalue weighted by molar-refractivity contribution is 0.0601. The lowest BCUT2D eigenvalue weighted by Crippen LogP contribution is -2.14. The van der Waals surface area contributed by atoms with Crippen molar-refractivity contribution in [2.24, 2.45) is 0 Å². The molecule has 3 aromatic rings. The lowest BCUT2D eigenvalue weighted by atomic mass is 9.93. The van der Waals surface area contributed by atoms with Crippen LogP contribution in [-0.4, -0.2) is 17.6 Å². The van der Waals surface area contributed by atoms with Crippen molar-refractivity contribution in [1.29, 1.82) is 0 Å². The number of nitrogens with zero attached hydrogens (tertiary/aromatic N) is 1. The summed E-state index contributed by atoms with van der Waals surface area (Å²) in [5.74, 6) is -0.266. The van der Waals surface area contributed by atoms with E-state index in [9.17, 15) is 4.79 Å². The normalized spacial score (nSPS) is 12.8. The van der Waals surface area contributed by atoms with Crippen molar-refractivity contribution in [3.63, 3.8) is 0 Å². The molecule has 0 bridgehead atoms. The van der Waals surface area contributed by atoms with Crippen molar-refractivity contribution in [2.45, 2.75) is 19.9 Å². The number of esters is 1. The topological polar surface area (TPSA) is 31.2 Å². The minimum atomic E-state index is -0.266. The summed E-state index contributed by atoms with van der Waals surface area (Å²) in [6.07, 6.45) is 0.989. The van der Waals surface area contributed by atoms with Gasteiger partial charge in [-0.3, -0.25) is 0 Å². The molecule has 2 aromatic carbocycles. The Morgan fingerprint density at radius 2 is 1.86 bits per heavy atom. The van der Waals surface area contributed by atoms with Crippen LogP contribution in [0.3, 0.4) is 0 Å². The number of rotatable bonds is 1. The van der Waals surface area contributed by atoms with Gasteiger partial charge in [-0.2, -0.15) is 0 Å². The third-order valence-electron chi connectivity index (χ3n) is 4.54. The van der Waals surface area contributed by atoms with E-state index in [1.54, 1.807) is 0 Å². The lowest BCUT2D eigenvalue weighted by Gasteiger charge is -2.22. The Kier molecular flexibility index (Phi) is 2.83. The minimum Gasteiger partial charge on any atom is -0.465 e. The number of ether oxygens (including phenoxy) is 1. The van der Waals surface area contributed by atoms with Crippen LogP contribution in [0.15, 0.2) is 42.5 Å². The smallest absolute Gasteiger partial charge is 0.340 e. The summed E-state index contributed by atoms with van der Waals surface area (Å²) >= 11 is 0. The van der Waals surface area contributed by atoms with Crippen LogP contribution in [0.4, 0.5) is 0 Å². The highest BCUT2D eigenvalue weighted by Crippen LogP contribution is 2.37. The molecule has 0 fully saturated rings. The van der Waals surface area contributed by atoms with Gasteiger partial charge >= 0.3 is 5.97 Å². The predicted molar refractivity (Wildman–Crippen MR) is 87.2 cm³/mol. The van der Waals surface area contributed by atoms with Crippen LogP contribution < -0.4 is 0 Å². The van der Waals surface area contributed by atoms with E-state index in [-0.39, 0.29) is 5.97 Å². The fraction of sp³-hybridized carbons (Fsp3) is 0.211. The van der Waals surface area contributed by atoms with Gasteiger partial charge in [-0.1, -0.05) is 30.3 Å². The molecule has 0 atom stereocenters. The van der Waals surface area contributed by atoms with E-state index < -0.39 is 0 Å². The first-order chi connectivity index (χ1) is 10.7. The number of carbonyl (C=O) groups excluding carboxylic acids is 1. The highest BCUT2D eigenvalue weighted by molar-refractivity contribution is 5.99. The van der Waals surface area contributed by atoms with E-state index in [1.807, 2.05) is 19.1 Å². The van der Waals surface area contributed by atoms with Crippen molar-refractivity contribution in [3.8, 4) is 11.3 Å². The number of carbonyl (C=O) groups is 1. The van der Waals surface area contributed by atoms with Crippen LogP contribution in [-0.2, 0) is 17.7 Å². The Labute approximate surface area is 129 Å². The second-order valence-electron chi connectivity index (χ2n) is 5.80. The zero-order chi connectivity index (χ0) is 15.3. The Bertz CT molecular complexity index is 905. The number of aromatic nitrogens is 1. The number of benzene rings is 2. The second kappa shape index (κ2) is 4.73. The summed E-state index contributed by atoms with van der Waals surface area (Å²) in [7, 11) is 1.44. The molecule has 0 aliphatic carbocycles. The van der Waals surface area contributed by atoms with Crippen LogP contribution in [0, 0.1) is 6.92 Å². The van der Waals surface area contributed by atoms with E-state index in [0.29, 0.717) is 5.56 Å². The quantitative estimate of drug-likeness (QED) is 0.635. The summed E-state index contributed by atoms with van der Waals surface area (Å²) < 4.78 is 7.19. The van der Waals surface area contributed by atoms with Gasteiger partial charge in [0, 0.05) is 17.8 Å². The minimum absolute atomic E-state index is 0.266. The average molecular weight is 291 g/mol. The van der Waals surface area contributed by atoms with Gasteiger partial charge in [0.15, 0.2) is 0 Å². The Balaban J connectivity index is 2.03. The first kappa shape index (κ1) is 13.1. The van der Waals surface area contributed by atoms with Crippen LogP contribution in [0.1, 0.15) is 21.6 Å². The van der Waals surface area contributed by atoms with Gasteiger partial charge in [0.2, 0.25) is 0 Å².